The van der Waals surface area contributed by atoms with Crippen molar-refractivity contribution in [3.63, 3.8) is 0 Å². The van der Waals surface area contributed by atoms with Crippen LogP contribution < -0.4 is 4.74 Å². The molecule has 0 spiro atoms. The molecule has 1 atom stereocenters. The summed E-state index contributed by atoms with van der Waals surface area (Å²) in [7, 11) is 1.44. The van der Waals surface area contributed by atoms with Crippen molar-refractivity contribution in [1.29, 1.82) is 0 Å². The Morgan fingerprint density at radius 2 is 2.38 bits per heavy atom. The molecule has 0 aliphatic heterocycles. The van der Waals surface area contributed by atoms with Crippen LogP contribution in [0.2, 0.25) is 0 Å². The molecular weight excluding hydrogens is 232 g/mol. The summed E-state index contributed by atoms with van der Waals surface area (Å²) in [6.07, 6.45) is 0. The highest BCUT2D eigenvalue weighted by Gasteiger charge is 2.19. The summed E-state index contributed by atoms with van der Waals surface area (Å²) >= 11 is 1.15. The Bertz CT molecular complexity index is 386. The fourth-order valence-corrected chi connectivity index (χ4v) is 1.84. The molecule has 16 heavy (non-hydrogen) atoms. The molecule has 1 unspecified atom stereocenters. The predicted molar refractivity (Wildman–Crippen MR) is 59.8 cm³/mol. The van der Waals surface area contributed by atoms with Crippen LogP contribution in [0.3, 0.4) is 0 Å². The van der Waals surface area contributed by atoms with Crippen LogP contribution in [0.1, 0.15) is 6.92 Å². The number of aliphatic hydroxyl groups excluding tert-OH is 1. The van der Waals surface area contributed by atoms with E-state index in [1.807, 2.05) is 0 Å². The maximum absolute atomic E-state index is 10.7. The van der Waals surface area contributed by atoms with Crippen molar-refractivity contribution in [2.45, 2.75) is 17.2 Å². The minimum Gasteiger partial charge on any atom is -0.481 e. The van der Waals surface area contributed by atoms with Gasteiger partial charge < -0.3 is 9.84 Å². The van der Waals surface area contributed by atoms with E-state index in [0.29, 0.717) is 5.88 Å². The largest absolute Gasteiger partial charge is 0.481 e. The number of methoxy groups -OCH3 is 1. The standard InChI is InChI=1S/C9H12N2O4S/c1-6(5-12)16-9-7(11(13)14)3-4-8(10-9)15-2/h3-4,6,12H,5H2,1-2H3. The van der Waals surface area contributed by atoms with Gasteiger partial charge in [-0.05, 0) is 0 Å². The first-order valence-electron chi connectivity index (χ1n) is 4.55. The van der Waals surface area contributed by atoms with E-state index < -0.39 is 4.92 Å². The van der Waals surface area contributed by atoms with E-state index >= 15 is 0 Å². The Morgan fingerprint density at radius 3 is 2.88 bits per heavy atom. The van der Waals surface area contributed by atoms with Crippen LogP contribution >= 0.6 is 11.8 Å². The van der Waals surface area contributed by atoms with Crippen molar-refractivity contribution in [3.05, 3.63) is 22.2 Å². The summed E-state index contributed by atoms with van der Waals surface area (Å²) in [5.74, 6) is 0.318. The minimum absolute atomic E-state index is 0.0687. The zero-order chi connectivity index (χ0) is 12.1. The second-order valence-electron chi connectivity index (χ2n) is 3.05. The van der Waals surface area contributed by atoms with Crippen molar-refractivity contribution >= 4 is 17.4 Å². The maximum Gasteiger partial charge on any atom is 0.301 e. The smallest absolute Gasteiger partial charge is 0.301 e. The number of pyridine rings is 1. The molecule has 0 aliphatic rings. The van der Waals surface area contributed by atoms with E-state index in [9.17, 15) is 10.1 Å². The zero-order valence-corrected chi connectivity index (χ0v) is 9.73. The third-order valence-electron chi connectivity index (χ3n) is 1.79. The van der Waals surface area contributed by atoms with Crippen LogP contribution in [0, 0.1) is 10.1 Å². The van der Waals surface area contributed by atoms with Crippen molar-refractivity contribution in [3.8, 4) is 5.88 Å². The number of aromatic nitrogens is 1. The molecule has 1 aromatic rings. The summed E-state index contributed by atoms with van der Waals surface area (Å²) in [6.45, 7) is 1.69. The van der Waals surface area contributed by atoms with E-state index in [1.54, 1.807) is 6.92 Å². The van der Waals surface area contributed by atoms with Gasteiger partial charge in [0.05, 0.1) is 18.6 Å². The fraction of sp³-hybridized carbons (Fsp3) is 0.444. The normalized spacial score (nSPS) is 12.2. The summed E-state index contributed by atoms with van der Waals surface area (Å²) in [6, 6.07) is 2.78. The van der Waals surface area contributed by atoms with Crippen molar-refractivity contribution in [2.24, 2.45) is 0 Å². The van der Waals surface area contributed by atoms with Gasteiger partial charge in [0.15, 0.2) is 5.03 Å². The average Bonchev–Trinajstić information content (AvgIpc) is 2.28. The summed E-state index contributed by atoms with van der Waals surface area (Å²) in [4.78, 5) is 14.2. The van der Waals surface area contributed by atoms with Gasteiger partial charge >= 0.3 is 5.69 Å². The third kappa shape index (κ3) is 3.07. The van der Waals surface area contributed by atoms with Crippen LogP contribution in [0.15, 0.2) is 17.2 Å². The molecule has 0 fully saturated rings. The quantitative estimate of drug-likeness (QED) is 0.479. The van der Waals surface area contributed by atoms with Gasteiger partial charge in [-0.25, -0.2) is 0 Å². The Kier molecular flexibility index (Phi) is 4.51. The molecule has 88 valence electrons. The van der Waals surface area contributed by atoms with Gasteiger partial charge in [-0.1, -0.05) is 18.7 Å². The lowest BCUT2D eigenvalue weighted by molar-refractivity contribution is -0.388. The molecule has 1 aromatic heterocycles. The number of hydrogen-bond donors (Lipinski definition) is 1. The SMILES string of the molecule is COc1ccc([N+](=O)[O-])c(SC(C)CO)n1. The monoisotopic (exact) mass is 244 g/mol. The molecule has 0 saturated carbocycles. The van der Waals surface area contributed by atoms with Crippen LogP contribution in [0.5, 0.6) is 5.88 Å². The van der Waals surface area contributed by atoms with Crippen molar-refractivity contribution in [1.82, 2.24) is 4.98 Å². The molecule has 1 heterocycles. The summed E-state index contributed by atoms with van der Waals surface area (Å²) < 4.78 is 4.90. The molecule has 1 rings (SSSR count). The predicted octanol–water partition coefficient (Wildman–Crippen LogP) is 1.47. The van der Waals surface area contributed by atoms with Gasteiger partial charge in [-0.2, -0.15) is 4.98 Å². The fourth-order valence-electron chi connectivity index (χ4n) is 0.983. The van der Waals surface area contributed by atoms with E-state index in [1.165, 1.54) is 19.2 Å². The van der Waals surface area contributed by atoms with Gasteiger partial charge in [0.25, 0.3) is 0 Å². The average molecular weight is 244 g/mol. The number of aliphatic hydroxyl groups is 1. The Hall–Kier alpha value is -1.34. The van der Waals surface area contributed by atoms with Crippen LogP contribution in [0.25, 0.3) is 0 Å². The molecule has 0 aliphatic carbocycles. The van der Waals surface area contributed by atoms with E-state index in [4.69, 9.17) is 9.84 Å². The van der Waals surface area contributed by atoms with E-state index in [0.717, 1.165) is 11.8 Å². The molecule has 0 saturated heterocycles. The van der Waals surface area contributed by atoms with E-state index in [2.05, 4.69) is 4.98 Å². The number of hydrogen-bond acceptors (Lipinski definition) is 6. The zero-order valence-electron chi connectivity index (χ0n) is 8.91. The Balaban J connectivity index is 3.05. The molecule has 1 N–H and O–H groups in total. The van der Waals surface area contributed by atoms with Gasteiger partial charge in [0.1, 0.15) is 0 Å². The highest BCUT2D eigenvalue weighted by atomic mass is 32.2. The summed E-state index contributed by atoms with van der Waals surface area (Å²) in [5.41, 5.74) is -0.0777. The third-order valence-corrected chi connectivity index (χ3v) is 2.87. The first kappa shape index (κ1) is 12.7. The maximum atomic E-state index is 10.7. The lowest BCUT2D eigenvalue weighted by atomic mass is 10.4. The van der Waals surface area contributed by atoms with Gasteiger partial charge in [-0.15, -0.1) is 0 Å². The molecular formula is C9H12N2O4S. The number of ether oxygens (including phenoxy) is 1. The van der Waals surface area contributed by atoms with Crippen LogP contribution in [-0.4, -0.2) is 34.0 Å². The molecule has 0 aromatic carbocycles. The highest BCUT2D eigenvalue weighted by molar-refractivity contribution is 8.00. The lowest BCUT2D eigenvalue weighted by Crippen LogP contribution is -2.04. The minimum atomic E-state index is -0.501. The number of thioether (sulfide) groups is 1. The Morgan fingerprint density at radius 1 is 1.69 bits per heavy atom. The molecule has 0 bridgehead atoms. The molecule has 0 radical (unpaired) electrons. The first-order chi connectivity index (χ1) is 7.58. The summed E-state index contributed by atoms with van der Waals surface area (Å²) in [5, 5.41) is 19.7. The van der Waals surface area contributed by atoms with Crippen LogP contribution in [0.4, 0.5) is 5.69 Å². The number of nitro groups is 1. The van der Waals surface area contributed by atoms with Crippen molar-refractivity contribution in [2.75, 3.05) is 13.7 Å². The topological polar surface area (TPSA) is 85.5 Å². The van der Waals surface area contributed by atoms with Gasteiger partial charge in [0, 0.05) is 17.4 Å². The second kappa shape index (κ2) is 5.66. The number of nitrogens with zero attached hydrogens (tertiary/aromatic N) is 2. The molecule has 6 nitrogen and oxygen atoms in total. The number of rotatable bonds is 5. The molecule has 7 heteroatoms. The lowest BCUT2D eigenvalue weighted by Gasteiger charge is -2.08. The highest BCUT2D eigenvalue weighted by Crippen LogP contribution is 2.31. The van der Waals surface area contributed by atoms with Gasteiger partial charge in [0.2, 0.25) is 5.88 Å². The van der Waals surface area contributed by atoms with Gasteiger partial charge in [-0.3, -0.25) is 10.1 Å². The molecule has 0 amide bonds. The second-order valence-corrected chi connectivity index (χ2v) is 4.47. The van der Waals surface area contributed by atoms with E-state index in [-0.39, 0.29) is 22.6 Å². The first-order valence-corrected chi connectivity index (χ1v) is 5.43. The Labute approximate surface area is 96.8 Å². The van der Waals surface area contributed by atoms with Crippen molar-refractivity contribution < 1.29 is 14.8 Å². The van der Waals surface area contributed by atoms with Crippen LogP contribution in [-0.2, 0) is 0 Å².